The first kappa shape index (κ1) is 24.3. The van der Waals surface area contributed by atoms with E-state index in [0.29, 0.717) is 16.9 Å². The zero-order valence-electron chi connectivity index (χ0n) is 17.5. The molecule has 32 heavy (non-hydrogen) atoms. The minimum Gasteiger partial charge on any atom is -0.508 e. The Balaban J connectivity index is 1.86. The predicted molar refractivity (Wildman–Crippen MR) is 116 cm³/mol. The minimum atomic E-state index is -4.42. The van der Waals surface area contributed by atoms with Crippen molar-refractivity contribution in [3.05, 3.63) is 64.4 Å². The summed E-state index contributed by atoms with van der Waals surface area (Å²) in [6.07, 6.45) is -4.37. The van der Waals surface area contributed by atoms with Gasteiger partial charge in [0.15, 0.2) is 6.29 Å². The summed E-state index contributed by atoms with van der Waals surface area (Å²) in [4.78, 5) is 12.0. The van der Waals surface area contributed by atoms with Crippen molar-refractivity contribution in [1.29, 1.82) is 0 Å². The molecule has 1 aliphatic rings. The van der Waals surface area contributed by atoms with Crippen LogP contribution >= 0.6 is 11.6 Å². The van der Waals surface area contributed by atoms with Crippen LogP contribution in [0.5, 0.6) is 0 Å². The van der Waals surface area contributed by atoms with Crippen LogP contribution in [-0.4, -0.2) is 41.0 Å². The average Bonchev–Trinajstić information content (AvgIpc) is 2.75. The molecule has 2 aromatic carbocycles. The minimum absolute atomic E-state index is 0.0192. The first-order valence-electron chi connectivity index (χ1n) is 10.2. The van der Waals surface area contributed by atoms with Gasteiger partial charge in [-0.1, -0.05) is 35.9 Å². The number of rotatable bonds is 6. The van der Waals surface area contributed by atoms with Gasteiger partial charge in [0.1, 0.15) is 18.0 Å². The molecule has 0 aromatic heterocycles. The third kappa shape index (κ3) is 5.71. The van der Waals surface area contributed by atoms with Gasteiger partial charge in [-0.2, -0.15) is 13.2 Å². The molecule has 0 saturated heterocycles. The van der Waals surface area contributed by atoms with E-state index >= 15 is 0 Å². The molecular formula is C24H24ClF3O4. The molecule has 0 spiro atoms. The quantitative estimate of drug-likeness (QED) is 0.308. The summed E-state index contributed by atoms with van der Waals surface area (Å²) < 4.78 is 42.0. The smallest absolute Gasteiger partial charge is 0.411 e. The molecule has 1 saturated carbocycles. The van der Waals surface area contributed by atoms with Crippen molar-refractivity contribution in [2.24, 2.45) is 0 Å². The van der Waals surface area contributed by atoms with E-state index in [1.807, 2.05) is 24.3 Å². The van der Waals surface area contributed by atoms with Gasteiger partial charge >= 0.3 is 6.18 Å². The maximum absolute atomic E-state index is 12.4. The molecule has 3 rings (SSSR count). The summed E-state index contributed by atoms with van der Waals surface area (Å²) in [6, 6.07) is 12.6. The molecule has 4 nitrogen and oxygen atoms in total. The van der Waals surface area contributed by atoms with Gasteiger partial charge in [0.05, 0.1) is 11.7 Å². The number of allylic oxidation sites excluding steroid dienone is 1. The number of hydrogen-bond acceptors (Lipinski definition) is 4. The van der Waals surface area contributed by atoms with Gasteiger partial charge in [0.25, 0.3) is 0 Å². The third-order valence-electron chi connectivity index (χ3n) is 5.76. The van der Waals surface area contributed by atoms with Crippen molar-refractivity contribution in [2.45, 2.75) is 50.5 Å². The SMILES string of the molecule is Cc1ccc(-c2ccc(Cl)cc2)cc1/C(C=O)=C(\O)C1(O)CCC(OCC(F)(F)F)CC1. The van der Waals surface area contributed by atoms with Crippen LogP contribution in [0.2, 0.25) is 5.02 Å². The molecule has 0 atom stereocenters. The zero-order valence-corrected chi connectivity index (χ0v) is 18.2. The molecule has 172 valence electrons. The van der Waals surface area contributed by atoms with Crippen LogP contribution in [0.1, 0.15) is 36.8 Å². The standard InChI is InChI=1S/C24H24ClF3O4/c1-15-2-3-17(16-4-6-18(25)7-5-16)12-20(15)21(13-29)22(30)23(31)10-8-19(9-11-23)32-14-24(26,27)28/h2-7,12-13,19,30-31H,8-11,14H2,1H3/b22-21-. The first-order valence-corrected chi connectivity index (χ1v) is 10.6. The van der Waals surface area contributed by atoms with E-state index in [2.05, 4.69) is 0 Å². The van der Waals surface area contributed by atoms with E-state index in [1.165, 1.54) is 0 Å². The van der Waals surface area contributed by atoms with Gasteiger partial charge in [-0.05, 0) is 73.1 Å². The van der Waals surface area contributed by atoms with Crippen LogP contribution in [0.15, 0.2) is 48.2 Å². The monoisotopic (exact) mass is 468 g/mol. The Morgan fingerprint density at radius 2 is 1.75 bits per heavy atom. The Labute approximate surface area is 189 Å². The lowest BCUT2D eigenvalue weighted by molar-refractivity contribution is -0.191. The van der Waals surface area contributed by atoms with Gasteiger partial charge in [-0.25, -0.2) is 0 Å². The second-order valence-corrected chi connectivity index (χ2v) is 8.51. The number of aliphatic hydroxyl groups excluding tert-OH is 1. The largest absolute Gasteiger partial charge is 0.508 e. The summed E-state index contributed by atoms with van der Waals surface area (Å²) in [5.74, 6) is -0.474. The number of ether oxygens (including phenoxy) is 1. The topological polar surface area (TPSA) is 66.8 Å². The number of benzene rings is 2. The van der Waals surface area contributed by atoms with E-state index in [1.54, 1.807) is 25.1 Å². The molecule has 1 fully saturated rings. The number of aryl methyl sites for hydroxylation is 1. The maximum Gasteiger partial charge on any atom is 0.411 e. The maximum atomic E-state index is 12.4. The molecule has 0 bridgehead atoms. The predicted octanol–water partition coefficient (Wildman–Crippen LogP) is 6.04. The van der Waals surface area contributed by atoms with Gasteiger partial charge < -0.3 is 14.9 Å². The molecule has 0 aliphatic heterocycles. The van der Waals surface area contributed by atoms with Crippen molar-refractivity contribution in [2.75, 3.05) is 6.61 Å². The normalized spacial score (nSPS) is 22.4. The molecule has 0 radical (unpaired) electrons. The second-order valence-electron chi connectivity index (χ2n) is 8.07. The first-order chi connectivity index (χ1) is 15.0. The van der Waals surface area contributed by atoms with Crippen LogP contribution in [-0.2, 0) is 9.53 Å². The number of carbonyl (C=O) groups is 1. The molecular weight excluding hydrogens is 445 g/mol. The molecule has 2 aromatic rings. The highest BCUT2D eigenvalue weighted by molar-refractivity contribution is 6.30. The lowest BCUT2D eigenvalue weighted by atomic mass is 9.79. The Bertz CT molecular complexity index is 991. The van der Waals surface area contributed by atoms with Crippen LogP contribution in [0.4, 0.5) is 13.2 Å². The fraction of sp³-hybridized carbons (Fsp3) is 0.375. The lowest BCUT2D eigenvalue weighted by Crippen LogP contribution is -2.39. The van der Waals surface area contributed by atoms with E-state index < -0.39 is 30.2 Å². The molecule has 1 aliphatic carbocycles. The Morgan fingerprint density at radius 3 is 2.31 bits per heavy atom. The summed E-state index contributed by atoms with van der Waals surface area (Å²) in [6.45, 7) is 0.428. The number of carbonyl (C=O) groups excluding carboxylic acids is 1. The van der Waals surface area contributed by atoms with E-state index in [4.69, 9.17) is 16.3 Å². The summed E-state index contributed by atoms with van der Waals surface area (Å²) in [7, 11) is 0. The van der Waals surface area contributed by atoms with Gasteiger partial charge in [-0.3, -0.25) is 4.79 Å². The number of hydrogen-bond donors (Lipinski definition) is 2. The molecule has 0 heterocycles. The van der Waals surface area contributed by atoms with Crippen molar-refractivity contribution in [3.8, 4) is 11.1 Å². The number of alkyl halides is 3. The van der Waals surface area contributed by atoms with Crippen LogP contribution in [0, 0.1) is 6.92 Å². The fourth-order valence-electron chi connectivity index (χ4n) is 3.92. The zero-order chi connectivity index (χ0) is 23.5. The van der Waals surface area contributed by atoms with Crippen LogP contribution in [0.3, 0.4) is 0 Å². The summed E-state index contributed by atoms with van der Waals surface area (Å²) in [5.41, 5.74) is 1.09. The third-order valence-corrected chi connectivity index (χ3v) is 6.01. The Kier molecular flexibility index (Phi) is 7.32. The van der Waals surface area contributed by atoms with Crippen LogP contribution in [0.25, 0.3) is 16.7 Å². The van der Waals surface area contributed by atoms with E-state index in [-0.39, 0.29) is 31.3 Å². The Morgan fingerprint density at radius 1 is 1.16 bits per heavy atom. The van der Waals surface area contributed by atoms with Crippen molar-refractivity contribution >= 4 is 23.5 Å². The van der Waals surface area contributed by atoms with Crippen molar-refractivity contribution < 1.29 is 32.9 Å². The summed E-state index contributed by atoms with van der Waals surface area (Å²) in [5, 5.41) is 22.5. The molecule has 8 heteroatoms. The van der Waals surface area contributed by atoms with E-state index in [9.17, 15) is 28.2 Å². The average molecular weight is 469 g/mol. The molecule has 0 unspecified atom stereocenters. The number of aliphatic hydroxyl groups is 2. The van der Waals surface area contributed by atoms with Gasteiger partial charge in [0.2, 0.25) is 0 Å². The fourth-order valence-corrected chi connectivity index (χ4v) is 4.04. The highest BCUT2D eigenvalue weighted by atomic mass is 35.5. The highest BCUT2D eigenvalue weighted by Gasteiger charge is 2.40. The number of aldehydes is 1. The Hall–Kier alpha value is -2.35. The van der Waals surface area contributed by atoms with Crippen molar-refractivity contribution in [1.82, 2.24) is 0 Å². The molecule has 2 N–H and O–H groups in total. The second kappa shape index (κ2) is 9.65. The molecule has 0 amide bonds. The van der Waals surface area contributed by atoms with Crippen LogP contribution < -0.4 is 0 Å². The lowest BCUT2D eigenvalue weighted by Gasteiger charge is -2.36. The van der Waals surface area contributed by atoms with Crippen molar-refractivity contribution in [3.63, 3.8) is 0 Å². The highest BCUT2D eigenvalue weighted by Crippen LogP contribution is 2.38. The van der Waals surface area contributed by atoms with E-state index in [0.717, 1.165) is 16.7 Å². The van der Waals surface area contributed by atoms with Gasteiger partial charge in [-0.15, -0.1) is 0 Å². The number of halogens is 4. The van der Waals surface area contributed by atoms with Gasteiger partial charge in [0, 0.05) is 5.02 Å². The summed E-state index contributed by atoms with van der Waals surface area (Å²) >= 11 is 5.94.